The number of carbonyl (C=O) groups is 3. The number of anilines is 1. The molecule has 0 bridgehead atoms. The molecule has 0 spiro atoms. The molecule has 1 fully saturated rings. The first-order valence-electron chi connectivity index (χ1n) is 11.6. The van der Waals surface area contributed by atoms with Crippen LogP contribution in [0, 0.1) is 10.5 Å². The van der Waals surface area contributed by atoms with Crippen molar-refractivity contribution in [2.75, 3.05) is 18.5 Å². The van der Waals surface area contributed by atoms with Crippen LogP contribution >= 0.6 is 34.4 Å². The van der Waals surface area contributed by atoms with Gasteiger partial charge in [0.15, 0.2) is 0 Å². The molecule has 4 rings (SSSR count). The standard InChI is InChI=1S/C28H25IN2O5S/c1-3-35-22-10-8-21(9-11-22)30-26(32)16-31-27(33)25(37-28(31)34)15-19-7-12-24(23(29)14-19)36-17-20-6-4-5-18(2)13-20/h4-15H,3,16-17H2,1-2H3,(H,30,32)/b25-15+. The van der Waals surface area contributed by atoms with Gasteiger partial charge >= 0.3 is 0 Å². The summed E-state index contributed by atoms with van der Waals surface area (Å²) < 4.78 is 12.2. The van der Waals surface area contributed by atoms with E-state index in [0.29, 0.717) is 24.7 Å². The molecular formula is C28H25IN2O5S. The van der Waals surface area contributed by atoms with Gasteiger partial charge in [-0.1, -0.05) is 35.9 Å². The summed E-state index contributed by atoms with van der Waals surface area (Å²) in [7, 11) is 0. The van der Waals surface area contributed by atoms with Gasteiger partial charge in [0, 0.05) is 5.69 Å². The van der Waals surface area contributed by atoms with Gasteiger partial charge in [-0.2, -0.15) is 0 Å². The molecule has 3 aromatic carbocycles. The molecule has 0 aromatic heterocycles. The number of imide groups is 1. The molecule has 1 aliphatic heterocycles. The van der Waals surface area contributed by atoms with Crippen molar-refractivity contribution in [3.05, 3.63) is 91.9 Å². The molecule has 0 atom stereocenters. The Labute approximate surface area is 233 Å². The number of ether oxygens (including phenoxy) is 2. The predicted molar refractivity (Wildman–Crippen MR) is 154 cm³/mol. The molecule has 0 unspecified atom stereocenters. The summed E-state index contributed by atoms with van der Waals surface area (Å²) in [6.07, 6.45) is 1.65. The lowest BCUT2D eigenvalue weighted by Gasteiger charge is -2.13. The summed E-state index contributed by atoms with van der Waals surface area (Å²) in [5, 5.41) is 2.22. The van der Waals surface area contributed by atoms with Crippen molar-refractivity contribution in [3.63, 3.8) is 0 Å². The van der Waals surface area contributed by atoms with E-state index < -0.39 is 17.1 Å². The van der Waals surface area contributed by atoms with Crippen LogP contribution in [0.2, 0.25) is 0 Å². The first kappa shape index (κ1) is 26.7. The van der Waals surface area contributed by atoms with Crippen molar-refractivity contribution in [2.24, 2.45) is 0 Å². The van der Waals surface area contributed by atoms with E-state index in [1.807, 2.05) is 50.2 Å². The van der Waals surface area contributed by atoms with Crippen molar-refractivity contribution in [2.45, 2.75) is 20.5 Å². The molecule has 37 heavy (non-hydrogen) atoms. The summed E-state index contributed by atoms with van der Waals surface area (Å²) in [5.74, 6) is 0.472. The number of aryl methyl sites for hydroxylation is 1. The lowest BCUT2D eigenvalue weighted by molar-refractivity contribution is -0.127. The fourth-order valence-corrected chi connectivity index (χ4v) is 5.15. The van der Waals surface area contributed by atoms with Crippen LogP contribution in [0.25, 0.3) is 6.08 Å². The highest BCUT2D eigenvalue weighted by molar-refractivity contribution is 14.1. The van der Waals surface area contributed by atoms with E-state index in [4.69, 9.17) is 9.47 Å². The molecular weight excluding hydrogens is 603 g/mol. The molecule has 3 aromatic rings. The lowest BCUT2D eigenvalue weighted by atomic mass is 10.1. The smallest absolute Gasteiger partial charge is 0.294 e. The maximum absolute atomic E-state index is 12.9. The quantitative estimate of drug-likeness (QED) is 0.223. The van der Waals surface area contributed by atoms with Crippen molar-refractivity contribution < 1.29 is 23.9 Å². The summed E-state index contributed by atoms with van der Waals surface area (Å²) in [6, 6.07) is 20.6. The Morgan fingerprint density at radius 3 is 2.54 bits per heavy atom. The van der Waals surface area contributed by atoms with Crippen LogP contribution in [0.1, 0.15) is 23.6 Å². The van der Waals surface area contributed by atoms with E-state index >= 15 is 0 Å². The second kappa shape index (κ2) is 12.3. The third-order valence-electron chi connectivity index (χ3n) is 5.35. The number of nitrogens with zero attached hydrogens (tertiary/aromatic N) is 1. The molecule has 9 heteroatoms. The maximum atomic E-state index is 12.9. The van der Waals surface area contributed by atoms with Crippen LogP contribution in [0.3, 0.4) is 0 Å². The number of amides is 3. The van der Waals surface area contributed by atoms with Gasteiger partial charge in [-0.15, -0.1) is 0 Å². The summed E-state index contributed by atoms with van der Waals surface area (Å²) in [6.45, 7) is 4.56. The van der Waals surface area contributed by atoms with Gasteiger partial charge in [-0.3, -0.25) is 19.3 Å². The van der Waals surface area contributed by atoms with E-state index in [-0.39, 0.29) is 11.4 Å². The largest absolute Gasteiger partial charge is 0.494 e. The zero-order valence-electron chi connectivity index (χ0n) is 20.3. The van der Waals surface area contributed by atoms with E-state index in [1.54, 1.807) is 30.3 Å². The Kier molecular flexibility index (Phi) is 8.88. The minimum Gasteiger partial charge on any atom is -0.494 e. The summed E-state index contributed by atoms with van der Waals surface area (Å²) >= 11 is 3.00. The Hall–Kier alpha value is -3.31. The second-order valence-corrected chi connectivity index (χ2v) is 10.4. The van der Waals surface area contributed by atoms with Crippen LogP contribution in [-0.2, 0) is 16.2 Å². The first-order chi connectivity index (χ1) is 17.8. The van der Waals surface area contributed by atoms with Crippen LogP contribution in [0.4, 0.5) is 10.5 Å². The zero-order valence-corrected chi connectivity index (χ0v) is 23.3. The van der Waals surface area contributed by atoms with Crippen molar-refractivity contribution in [3.8, 4) is 11.5 Å². The van der Waals surface area contributed by atoms with Gasteiger partial charge in [0.05, 0.1) is 15.1 Å². The monoisotopic (exact) mass is 628 g/mol. The Bertz CT molecular complexity index is 1360. The molecule has 0 radical (unpaired) electrons. The lowest BCUT2D eigenvalue weighted by Crippen LogP contribution is -2.36. The Balaban J connectivity index is 1.37. The van der Waals surface area contributed by atoms with Gasteiger partial charge in [0.2, 0.25) is 5.91 Å². The molecule has 1 N–H and O–H groups in total. The maximum Gasteiger partial charge on any atom is 0.294 e. The number of carbonyl (C=O) groups excluding carboxylic acids is 3. The molecule has 1 heterocycles. The van der Waals surface area contributed by atoms with Crippen LogP contribution < -0.4 is 14.8 Å². The summed E-state index contributed by atoms with van der Waals surface area (Å²) in [5.41, 5.74) is 3.57. The summed E-state index contributed by atoms with van der Waals surface area (Å²) in [4.78, 5) is 39.0. The second-order valence-electron chi connectivity index (χ2n) is 8.24. The fraction of sp³-hybridized carbons (Fsp3) is 0.179. The third-order valence-corrected chi connectivity index (χ3v) is 7.11. The van der Waals surface area contributed by atoms with Gasteiger partial charge in [0.1, 0.15) is 24.7 Å². The van der Waals surface area contributed by atoms with Crippen LogP contribution in [-0.4, -0.2) is 35.1 Å². The predicted octanol–water partition coefficient (Wildman–Crippen LogP) is 6.25. The molecule has 0 saturated carbocycles. The SMILES string of the molecule is CCOc1ccc(NC(=O)CN2C(=O)S/C(=C/c3ccc(OCc4cccc(C)c4)c(I)c3)C2=O)cc1. The van der Waals surface area contributed by atoms with Crippen molar-refractivity contribution >= 4 is 63.2 Å². The van der Waals surface area contributed by atoms with Crippen LogP contribution in [0.15, 0.2) is 71.6 Å². The Morgan fingerprint density at radius 2 is 1.84 bits per heavy atom. The molecule has 1 aliphatic rings. The number of rotatable bonds is 9. The molecule has 0 aliphatic carbocycles. The minimum atomic E-state index is -0.494. The highest BCUT2D eigenvalue weighted by Crippen LogP contribution is 2.33. The minimum absolute atomic E-state index is 0.267. The van der Waals surface area contributed by atoms with Crippen molar-refractivity contribution in [1.82, 2.24) is 4.90 Å². The number of nitrogens with one attached hydrogen (secondary N) is 1. The Morgan fingerprint density at radius 1 is 1.05 bits per heavy atom. The van der Waals surface area contributed by atoms with Gasteiger partial charge in [-0.05, 0) is 102 Å². The van der Waals surface area contributed by atoms with E-state index in [0.717, 1.165) is 37.1 Å². The van der Waals surface area contributed by atoms with E-state index in [1.165, 1.54) is 5.56 Å². The molecule has 190 valence electrons. The highest BCUT2D eigenvalue weighted by atomic mass is 127. The molecule has 7 nitrogen and oxygen atoms in total. The average Bonchev–Trinajstić information content (AvgIpc) is 3.12. The number of hydrogen-bond acceptors (Lipinski definition) is 6. The third kappa shape index (κ3) is 7.14. The average molecular weight is 628 g/mol. The number of halogens is 1. The van der Waals surface area contributed by atoms with Crippen LogP contribution in [0.5, 0.6) is 11.5 Å². The topological polar surface area (TPSA) is 84.9 Å². The molecule has 1 saturated heterocycles. The van der Waals surface area contributed by atoms with Gasteiger partial charge in [-0.25, -0.2) is 0 Å². The number of benzene rings is 3. The highest BCUT2D eigenvalue weighted by Gasteiger charge is 2.36. The molecule has 3 amide bonds. The fourth-order valence-electron chi connectivity index (χ4n) is 3.62. The van der Waals surface area contributed by atoms with E-state index in [9.17, 15) is 14.4 Å². The van der Waals surface area contributed by atoms with E-state index in [2.05, 4.69) is 34.0 Å². The number of hydrogen-bond donors (Lipinski definition) is 1. The van der Waals surface area contributed by atoms with Crippen molar-refractivity contribution in [1.29, 1.82) is 0 Å². The first-order valence-corrected chi connectivity index (χ1v) is 13.5. The van der Waals surface area contributed by atoms with Gasteiger partial charge < -0.3 is 14.8 Å². The zero-order chi connectivity index (χ0) is 26.4. The van der Waals surface area contributed by atoms with Gasteiger partial charge in [0.25, 0.3) is 11.1 Å². The normalized spacial score (nSPS) is 14.2. The number of thioether (sulfide) groups is 1.